The lowest BCUT2D eigenvalue weighted by Gasteiger charge is -2.39. The highest BCUT2D eigenvalue weighted by Crippen LogP contribution is 2.46. The number of amides is 3. The maximum atomic E-state index is 12.8. The van der Waals surface area contributed by atoms with Crippen LogP contribution in [0.5, 0.6) is 0 Å². The number of benzene rings is 1. The fourth-order valence-electron chi connectivity index (χ4n) is 5.46. The van der Waals surface area contributed by atoms with E-state index in [0.717, 1.165) is 31.5 Å². The molecule has 34 heavy (non-hydrogen) atoms. The summed E-state index contributed by atoms with van der Waals surface area (Å²) >= 11 is 12.0. The third-order valence-corrected chi connectivity index (χ3v) is 8.44. The zero-order valence-corrected chi connectivity index (χ0v) is 21.1. The monoisotopic (exact) mass is 505 g/mol. The first-order valence-corrected chi connectivity index (χ1v) is 13.1. The van der Waals surface area contributed by atoms with Crippen molar-refractivity contribution in [2.45, 2.75) is 51.4 Å². The molecule has 4 rings (SSSR count). The van der Waals surface area contributed by atoms with E-state index in [4.69, 9.17) is 23.2 Å². The second-order valence-corrected chi connectivity index (χ2v) is 10.6. The number of nitrogens with zero attached hydrogens (tertiary/aromatic N) is 3. The smallest absolute Gasteiger partial charge is 0.246 e. The van der Waals surface area contributed by atoms with Gasteiger partial charge in [-0.05, 0) is 54.9 Å². The summed E-state index contributed by atoms with van der Waals surface area (Å²) in [6.07, 6.45) is 11.3. The average Bonchev–Trinajstić information content (AvgIpc) is 3.20. The summed E-state index contributed by atoms with van der Waals surface area (Å²) in [6, 6.07) is 5.18. The Labute approximate surface area is 211 Å². The van der Waals surface area contributed by atoms with Crippen LogP contribution < -0.4 is 0 Å². The van der Waals surface area contributed by atoms with Crippen LogP contribution >= 0.6 is 23.2 Å². The van der Waals surface area contributed by atoms with Crippen LogP contribution in [0.3, 0.4) is 0 Å². The molecule has 0 unspecified atom stereocenters. The summed E-state index contributed by atoms with van der Waals surface area (Å²) in [5.74, 6) is -0.00606. The van der Waals surface area contributed by atoms with Crippen molar-refractivity contribution in [2.75, 3.05) is 39.3 Å². The van der Waals surface area contributed by atoms with Crippen LogP contribution in [0.25, 0.3) is 6.08 Å². The van der Waals surface area contributed by atoms with Gasteiger partial charge in [-0.3, -0.25) is 14.4 Å². The lowest BCUT2D eigenvalue weighted by molar-refractivity contribution is -0.135. The lowest BCUT2D eigenvalue weighted by atomic mass is 9.77. The van der Waals surface area contributed by atoms with Gasteiger partial charge in [0.2, 0.25) is 17.7 Å². The quantitative estimate of drug-likeness (QED) is 0.547. The first kappa shape index (κ1) is 25.1. The van der Waals surface area contributed by atoms with Crippen molar-refractivity contribution >= 4 is 47.0 Å². The molecule has 6 nitrogen and oxygen atoms in total. The molecular weight excluding hydrogens is 473 g/mol. The van der Waals surface area contributed by atoms with Crippen molar-refractivity contribution < 1.29 is 14.4 Å². The maximum absolute atomic E-state index is 12.8. The highest BCUT2D eigenvalue weighted by atomic mass is 35.5. The molecule has 1 spiro atoms. The minimum Gasteiger partial charge on any atom is -0.343 e. The first-order chi connectivity index (χ1) is 16.3. The number of hydrogen-bond acceptors (Lipinski definition) is 3. The van der Waals surface area contributed by atoms with Crippen LogP contribution in [0.1, 0.15) is 56.9 Å². The molecular formula is C26H33Cl2N3O3. The first-order valence-electron chi connectivity index (χ1n) is 12.3. The second kappa shape index (κ2) is 11.1. The van der Waals surface area contributed by atoms with Gasteiger partial charge in [-0.25, -0.2) is 0 Å². The van der Waals surface area contributed by atoms with Crippen molar-refractivity contribution in [3.63, 3.8) is 0 Å². The molecule has 8 heteroatoms. The Balaban J connectivity index is 1.24. The van der Waals surface area contributed by atoms with Crippen LogP contribution in [-0.4, -0.2) is 71.7 Å². The molecule has 0 aromatic heterocycles. The van der Waals surface area contributed by atoms with Crippen molar-refractivity contribution in [3.8, 4) is 0 Å². The molecule has 3 fully saturated rings. The van der Waals surface area contributed by atoms with Gasteiger partial charge in [-0.2, -0.15) is 0 Å². The number of piperidine rings is 1. The molecule has 0 N–H and O–H groups in total. The zero-order chi connectivity index (χ0) is 24.1. The minimum atomic E-state index is -0.147. The Bertz CT molecular complexity index is 949. The molecule has 1 aromatic rings. The Morgan fingerprint density at radius 1 is 0.912 bits per heavy atom. The van der Waals surface area contributed by atoms with Crippen LogP contribution in [-0.2, 0) is 14.4 Å². The predicted molar refractivity (Wildman–Crippen MR) is 135 cm³/mol. The molecule has 1 aromatic carbocycles. The Hall–Kier alpha value is -2.05. The summed E-state index contributed by atoms with van der Waals surface area (Å²) in [7, 11) is 0. The van der Waals surface area contributed by atoms with Gasteiger partial charge >= 0.3 is 0 Å². The fourth-order valence-corrected chi connectivity index (χ4v) is 5.76. The molecule has 2 heterocycles. The summed E-state index contributed by atoms with van der Waals surface area (Å²) in [5, 5.41) is 0.900. The largest absolute Gasteiger partial charge is 0.343 e. The van der Waals surface area contributed by atoms with E-state index in [2.05, 4.69) is 0 Å². The highest BCUT2D eigenvalue weighted by Gasteiger charge is 2.38. The standard InChI is InChI=1S/C26H33Cl2N3O3/c27-21-5-3-20(19-22(21)28)4-6-23(32)29-13-7-24(33)30(18-17-29)14-8-25(34)31-15-11-26(12-16-31)9-1-2-10-26/h3-6,19H,1-2,7-18H2/b6-4+. The Morgan fingerprint density at radius 2 is 1.65 bits per heavy atom. The normalized spacial score (nSPS) is 20.9. The molecule has 0 radical (unpaired) electrons. The number of likely N-dealkylation sites (tertiary alicyclic amines) is 1. The molecule has 1 aliphatic carbocycles. The fraction of sp³-hybridized carbons (Fsp3) is 0.577. The van der Waals surface area contributed by atoms with Crippen molar-refractivity contribution in [3.05, 3.63) is 39.9 Å². The van der Waals surface area contributed by atoms with Gasteiger partial charge in [-0.15, -0.1) is 0 Å². The van der Waals surface area contributed by atoms with E-state index in [1.165, 1.54) is 31.8 Å². The van der Waals surface area contributed by atoms with Crippen molar-refractivity contribution in [1.29, 1.82) is 0 Å². The third-order valence-electron chi connectivity index (χ3n) is 7.70. The second-order valence-electron chi connectivity index (χ2n) is 9.80. The van der Waals surface area contributed by atoms with Gasteiger partial charge in [0.1, 0.15) is 0 Å². The lowest BCUT2D eigenvalue weighted by Crippen LogP contribution is -2.44. The molecule has 184 valence electrons. The van der Waals surface area contributed by atoms with E-state index in [9.17, 15) is 14.4 Å². The Morgan fingerprint density at radius 3 is 2.35 bits per heavy atom. The molecule has 2 aliphatic heterocycles. The zero-order valence-electron chi connectivity index (χ0n) is 19.6. The van der Waals surface area contributed by atoms with E-state index in [0.29, 0.717) is 48.1 Å². The van der Waals surface area contributed by atoms with Gasteiger partial charge in [0.05, 0.1) is 10.0 Å². The summed E-state index contributed by atoms with van der Waals surface area (Å²) in [6.45, 7) is 3.39. The van der Waals surface area contributed by atoms with Gasteiger partial charge in [0.25, 0.3) is 0 Å². The average molecular weight is 506 g/mol. The van der Waals surface area contributed by atoms with Crippen LogP contribution in [0.2, 0.25) is 10.0 Å². The van der Waals surface area contributed by atoms with Gasteiger partial charge in [0.15, 0.2) is 0 Å². The van der Waals surface area contributed by atoms with Crippen LogP contribution in [0.4, 0.5) is 0 Å². The number of carbonyl (C=O) groups excluding carboxylic acids is 3. The minimum absolute atomic E-state index is 0.000107. The molecule has 2 saturated heterocycles. The van der Waals surface area contributed by atoms with Crippen LogP contribution in [0.15, 0.2) is 24.3 Å². The van der Waals surface area contributed by atoms with Gasteiger partial charge in [0, 0.05) is 58.2 Å². The van der Waals surface area contributed by atoms with E-state index >= 15 is 0 Å². The number of carbonyl (C=O) groups is 3. The van der Waals surface area contributed by atoms with E-state index < -0.39 is 0 Å². The summed E-state index contributed by atoms with van der Waals surface area (Å²) in [5.41, 5.74) is 1.27. The molecule has 3 amide bonds. The van der Waals surface area contributed by atoms with Crippen molar-refractivity contribution in [2.24, 2.45) is 5.41 Å². The molecule has 0 bridgehead atoms. The summed E-state index contributed by atoms with van der Waals surface area (Å²) < 4.78 is 0. The predicted octanol–water partition coefficient (Wildman–Crippen LogP) is 4.64. The third kappa shape index (κ3) is 6.14. The number of halogens is 2. The maximum Gasteiger partial charge on any atom is 0.246 e. The van der Waals surface area contributed by atoms with Gasteiger partial charge < -0.3 is 14.7 Å². The molecule has 3 aliphatic rings. The summed E-state index contributed by atoms with van der Waals surface area (Å²) in [4.78, 5) is 43.4. The topological polar surface area (TPSA) is 60.9 Å². The number of hydrogen-bond donors (Lipinski definition) is 0. The van der Waals surface area contributed by atoms with E-state index in [1.54, 1.807) is 34.1 Å². The molecule has 1 saturated carbocycles. The van der Waals surface area contributed by atoms with Gasteiger partial charge in [-0.1, -0.05) is 42.1 Å². The number of rotatable bonds is 5. The highest BCUT2D eigenvalue weighted by molar-refractivity contribution is 6.42. The van der Waals surface area contributed by atoms with Crippen molar-refractivity contribution in [1.82, 2.24) is 14.7 Å². The van der Waals surface area contributed by atoms with Crippen LogP contribution in [0, 0.1) is 5.41 Å². The van der Waals surface area contributed by atoms with E-state index in [1.807, 2.05) is 4.90 Å². The molecule has 0 atom stereocenters. The Kier molecular flexibility index (Phi) is 8.20. The van der Waals surface area contributed by atoms with E-state index in [-0.39, 0.29) is 24.1 Å². The SMILES string of the molecule is O=C(/C=C/c1ccc(Cl)c(Cl)c1)N1CCC(=O)N(CCC(=O)N2CCC3(CCCC3)CC2)CC1.